The predicted molar refractivity (Wildman–Crippen MR) is 77.6 cm³/mol. The molecule has 96 valence electrons. The minimum absolute atomic E-state index is 1.07. The average Bonchev–Trinajstić information content (AvgIpc) is 2.82. The highest BCUT2D eigenvalue weighted by Crippen LogP contribution is 2.23. The summed E-state index contributed by atoms with van der Waals surface area (Å²) >= 11 is 0. The number of aromatic nitrogens is 1. The molecule has 2 rings (SSSR count). The van der Waals surface area contributed by atoms with E-state index < -0.39 is 0 Å². The van der Waals surface area contributed by atoms with E-state index in [9.17, 15) is 0 Å². The zero-order valence-corrected chi connectivity index (χ0v) is 12.1. The lowest BCUT2D eigenvalue weighted by Crippen LogP contribution is -2.64. The molecule has 1 aromatic heterocycles. The Kier molecular flexibility index (Phi) is 3.55. The first kappa shape index (κ1) is 12.9. The van der Waals surface area contributed by atoms with Crippen molar-refractivity contribution in [2.24, 2.45) is 0 Å². The average molecular weight is 243 g/mol. The van der Waals surface area contributed by atoms with Gasteiger partial charge in [-0.1, -0.05) is 13.8 Å². The first-order valence-electron chi connectivity index (χ1n) is 6.78. The Balaban J connectivity index is 2.47. The van der Waals surface area contributed by atoms with Crippen molar-refractivity contribution in [2.45, 2.75) is 47.5 Å². The number of aryl methyl sites for hydroxylation is 1. The van der Waals surface area contributed by atoms with Gasteiger partial charge in [0.05, 0.1) is 0 Å². The van der Waals surface area contributed by atoms with Crippen LogP contribution in [0.2, 0.25) is 0 Å². The van der Waals surface area contributed by atoms with Crippen LogP contribution >= 0.6 is 0 Å². The molecular formula is C16H23N2+. The molecule has 0 radical (unpaired) electrons. The molecule has 1 aliphatic rings. The van der Waals surface area contributed by atoms with E-state index in [-0.39, 0.29) is 0 Å². The van der Waals surface area contributed by atoms with Crippen molar-refractivity contribution < 1.29 is 4.99 Å². The number of rotatable bonds is 3. The summed E-state index contributed by atoms with van der Waals surface area (Å²) in [7, 11) is 0. The molecule has 2 N–H and O–H groups in total. The molecule has 0 spiro atoms. The maximum absolute atomic E-state index is 3.50. The first-order valence-corrected chi connectivity index (χ1v) is 6.78. The van der Waals surface area contributed by atoms with Crippen LogP contribution in [0.15, 0.2) is 16.8 Å². The quantitative estimate of drug-likeness (QED) is 0.817. The van der Waals surface area contributed by atoms with Crippen LogP contribution in [0.4, 0.5) is 0 Å². The van der Waals surface area contributed by atoms with Crippen LogP contribution < -0.4 is 4.99 Å². The zero-order chi connectivity index (χ0) is 13.3. The molecule has 1 aliphatic heterocycles. The van der Waals surface area contributed by atoms with Crippen molar-refractivity contribution in [3.63, 3.8) is 0 Å². The van der Waals surface area contributed by atoms with E-state index in [1.807, 2.05) is 0 Å². The Bertz CT molecular complexity index is 554. The standard InChI is InChI=1S/C16H22N2/c1-6-13-10(3)9-17-15(13)8-16-14(7-2)11(4)12(5)18-16/h8-9,18H,6-7H2,1-5H3/p+1/b15-8-. The lowest BCUT2D eigenvalue weighted by molar-refractivity contribution is -0.380. The van der Waals surface area contributed by atoms with Gasteiger partial charge in [-0.25, -0.2) is 4.99 Å². The molecule has 2 heterocycles. The van der Waals surface area contributed by atoms with E-state index in [2.05, 4.69) is 56.9 Å². The molecule has 2 heteroatoms. The normalized spacial score (nSPS) is 17.3. The summed E-state index contributed by atoms with van der Waals surface area (Å²) in [5.41, 5.74) is 9.37. The number of aromatic amines is 1. The largest absolute Gasteiger partial charge is 0.358 e. The fourth-order valence-corrected chi connectivity index (χ4v) is 2.69. The fourth-order valence-electron chi connectivity index (χ4n) is 2.69. The van der Waals surface area contributed by atoms with E-state index in [4.69, 9.17) is 0 Å². The second-order valence-corrected chi connectivity index (χ2v) is 4.98. The molecule has 1 aromatic rings. The highest BCUT2D eigenvalue weighted by molar-refractivity contribution is 5.80. The molecule has 18 heavy (non-hydrogen) atoms. The summed E-state index contributed by atoms with van der Waals surface area (Å²) in [6, 6.07) is 0. The van der Waals surface area contributed by atoms with Crippen LogP contribution in [0.5, 0.6) is 0 Å². The van der Waals surface area contributed by atoms with Gasteiger partial charge < -0.3 is 4.98 Å². The summed E-state index contributed by atoms with van der Waals surface area (Å²) in [5.74, 6) is 0. The van der Waals surface area contributed by atoms with Crippen LogP contribution in [0.1, 0.15) is 49.7 Å². The number of H-pyrrole nitrogens is 1. The van der Waals surface area contributed by atoms with Crippen molar-refractivity contribution in [3.8, 4) is 0 Å². The Hall–Kier alpha value is -1.57. The van der Waals surface area contributed by atoms with E-state index >= 15 is 0 Å². The van der Waals surface area contributed by atoms with Crippen LogP contribution in [-0.4, -0.2) is 11.2 Å². The van der Waals surface area contributed by atoms with Gasteiger partial charge in [-0.15, -0.1) is 0 Å². The van der Waals surface area contributed by atoms with Crippen molar-refractivity contribution in [1.82, 2.24) is 4.98 Å². The number of hydrogen-bond acceptors (Lipinski definition) is 0. The van der Waals surface area contributed by atoms with Gasteiger partial charge in [0.25, 0.3) is 0 Å². The van der Waals surface area contributed by atoms with Crippen LogP contribution in [0, 0.1) is 13.8 Å². The third kappa shape index (κ3) is 2.07. The number of nitrogens with one attached hydrogen (secondary N) is 2. The second-order valence-electron chi connectivity index (χ2n) is 4.98. The van der Waals surface area contributed by atoms with Gasteiger partial charge >= 0.3 is 0 Å². The highest BCUT2D eigenvalue weighted by Gasteiger charge is 2.19. The minimum Gasteiger partial charge on any atom is -0.358 e. The molecule has 2 nitrogen and oxygen atoms in total. The summed E-state index contributed by atoms with van der Waals surface area (Å²) in [6.45, 7) is 10.9. The highest BCUT2D eigenvalue weighted by atomic mass is 14.8. The topological polar surface area (TPSA) is 29.8 Å². The Morgan fingerprint density at radius 3 is 2.50 bits per heavy atom. The molecule has 0 aliphatic carbocycles. The molecule has 0 atom stereocenters. The summed E-state index contributed by atoms with van der Waals surface area (Å²) in [5, 5.41) is 0. The summed E-state index contributed by atoms with van der Waals surface area (Å²) < 4.78 is 0. The van der Waals surface area contributed by atoms with Crippen molar-refractivity contribution >= 4 is 12.3 Å². The van der Waals surface area contributed by atoms with E-state index in [0.717, 1.165) is 12.8 Å². The summed E-state index contributed by atoms with van der Waals surface area (Å²) in [6.07, 6.45) is 6.49. The molecule has 0 fully saturated rings. The van der Waals surface area contributed by atoms with Gasteiger partial charge in [-0.2, -0.15) is 0 Å². The van der Waals surface area contributed by atoms with Gasteiger partial charge in [0.2, 0.25) is 5.70 Å². The molecule has 0 aromatic carbocycles. The molecule has 0 saturated carbocycles. The van der Waals surface area contributed by atoms with Gasteiger partial charge in [-0.05, 0) is 44.7 Å². The zero-order valence-electron chi connectivity index (χ0n) is 12.1. The summed E-state index contributed by atoms with van der Waals surface area (Å²) in [4.78, 5) is 6.88. The van der Waals surface area contributed by atoms with Crippen LogP contribution in [-0.2, 0) is 6.42 Å². The van der Waals surface area contributed by atoms with E-state index in [1.165, 1.54) is 39.4 Å². The smallest absolute Gasteiger partial charge is 0.209 e. The predicted octanol–water partition coefficient (Wildman–Crippen LogP) is 2.43. The lowest BCUT2D eigenvalue weighted by atomic mass is 10.0. The maximum Gasteiger partial charge on any atom is 0.209 e. The molecule has 0 bridgehead atoms. The Morgan fingerprint density at radius 2 is 1.89 bits per heavy atom. The van der Waals surface area contributed by atoms with Crippen molar-refractivity contribution in [3.05, 3.63) is 39.4 Å². The Morgan fingerprint density at radius 1 is 1.17 bits per heavy atom. The molecule has 0 amide bonds. The minimum atomic E-state index is 1.07. The van der Waals surface area contributed by atoms with Crippen LogP contribution in [0.3, 0.4) is 0 Å². The molecule has 0 unspecified atom stereocenters. The molecule has 0 saturated heterocycles. The maximum atomic E-state index is 3.50. The van der Waals surface area contributed by atoms with Crippen LogP contribution in [0.25, 0.3) is 6.08 Å². The first-order chi connectivity index (χ1) is 8.58. The van der Waals surface area contributed by atoms with Gasteiger partial charge in [0.1, 0.15) is 0 Å². The third-order valence-electron chi connectivity index (χ3n) is 3.90. The molecular weight excluding hydrogens is 220 g/mol. The van der Waals surface area contributed by atoms with Gasteiger partial charge in [0.15, 0.2) is 6.21 Å². The van der Waals surface area contributed by atoms with Crippen molar-refractivity contribution in [2.75, 3.05) is 0 Å². The van der Waals surface area contributed by atoms with Crippen molar-refractivity contribution in [1.29, 1.82) is 0 Å². The van der Waals surface area contributed by atoms with E-state index in [0.29, 0.717) is 0 Å². The van der Waals surface area contributed by atoms with E-state index in [1.54, 1.807) is 0 Å². The third-order valence-corrected chi connectivity index (χ3v) is 3.90. The SMILES string of the molecule is CCC1=C(C)C=[NH+]/C1=C\c1[nH]c(C)c(C)c1CC. The fraction of sp³-hybridized carbons (Fsp3) is 0.438. The van der Waals surface area contributed by atoms with Gasteiger partial charge in [-0.3, -0.25) is 0 Å². The Labute approximate surface area is 110 Å². The number of hydrogen-bond donors (Lipinski definition) is 2. The van der Waals surface area contributed by atoms with Gasteiger partial charge in [0, 0.05) is 28.6 Å². The second kappa shape index (κ2) is 4.97. The monoisotopic (exact) mass is 243 g/mol. The lowest BCUT2D eigenvalue weighted by Gasteiger charge is -1.99. The number of allylic oxidation sites excluding steroid dienone is 2.